The molecule has 1 fully saturated rings. The van der Waals surface area contributed by atoms with Gasteiger partial charge in [0.2, 0.25) is 0 Å². The minimum Gasteiger partial charge on any atom is -0.476 e. The Bertz CT molecular complexity index is 625. The molecule has 1 aliphatic heterocycles. The van der Waals surface area contributed by atoms with E-state index in [9.17, 15) is 9.90 Å². The summed E-state index contributed by atoms with van der Waals surface area (Å²) in [5.74, 6) is 1.68. The van der Waals surface area contributed by atoms with Crippen LogP contribution in [-0.4, -0.2) is 44.6 Å². The first kappa shape index (κ1) is 12.3. The van der Waals surface area contributed by atoms with Gasteiger partial charge in [-0.2, -0.15) is 11.8 Å². The second-order valence-corrected chi connectivity index (χ2v) is 5.79. The average Bonchev–Trinajstić information content (AvgIpc) is 2.78. The number of hydrogen-bond donors (Lipinski definition) is 1. The molecule has 6 heteroatoms. The van der Waals surface area contributed by atoms with Gasteiger partial charge >= 0.3 is 5.97 Å². The Morgan fingerprint density at radius 1 is 1.53 bits per heavy atom. The van der Waals surface area contributed by atoms with Crippen LogP contribution in [0.3, 0.4) is 0 Å². The Morgan fingerprint density at radius 2 is 2.37 bits per heavy atom. The van der Waals surface area contributed by atoms with Crippen LogP contribution < -0.4 is 4.90 Å². The first-order chi connectivity index (χ1) is 9.18. The number of aromatic nitrogens is 2. The van der Waals surface area contributed by atoms with Crippen LogP contribution in [0.25, 0.3) is 5.65 Å². The van der Waals surface area contributed by atoms with Gasteiger partial charge < -0.3 is 10.0 Å². The number of hydrogen-bond acceptors (Lipinski definition) is 4. The number of imidazole rings is 1. The molecule has 3 heterocycles. The maximum Gasteiger partial charge on any atom is 0.356 e. The largest absolute Gasteiger partial charge is 0.476 e. The van der Waals surface area contributed by atoms with Gasteiger partial charge in [-0.1, -0.05) is 6.07 Å². The van der Waals surface area contributed by atoms with E-state index in [0.29, 0.717) is 17.5 Å². The number of pyridine rings is 1. The molecule has 1 atom stereocenters. The van der Waals surface area contributed by atoms with Crippen molar-refractivity contribution in [1.29, 1.82) is 0 Å². The van der Waals surface area contributed by atoms with Crippen LogP contribution in [0.5, 0.6) is 0 Å². The molecule has 19 heavy (non-hydrogen) atoms. The van der Waals surface area contributed by atoms with Crippen molar-refractivity contribution in [3.05, 3.63) is 30.1 Å². The molecular formula is C13H15N3O2S. The van der Waals surface area contributed by atoms with Gasteiger partial charge in [0.1, 0.15) is 5.65 Å². The zero-order valence-corrected chi connectivity index (χ0v) is 11.4. The summed E-state index contributed by atoms with van der Waals surface area (Å²) in [5, 5.41) is 9.48. The van der Waals surface area contributed by atoms with Gasteiger partial charge in [0, 0.05) is 30.3 Å². The predicted molar refractivity (Wildman–Crippen MR) is 76.3 cm³/mol. The topological polar surface area (TPSA) is 57.8 Å². The summed E-state index contributed by atoms with van der Waals surface area (Å²) >= 11 is 1.90. The minimum atomic E-state index is -0.931. The molecule has 2 aromatic rings. The lowest BCUT2D eigenvalue weighted by atomic mass is 10.3. The highest BCUT2D eigenvalue weighted by Crippen LogP contribution is 2.27. The van der Waals surface area contributed by atoms with E-state index in [0.717, 1.165) is 18.1 Å². The minimum absolute atomic E-state index is 0.259. The Kier molecular flexibility index (Phi) is 3.10. The number of rotatable bonds is 2. The quantitative estimate of drug-likeness (QED) is 0.909. The van der Waals surface area contributed by atoms with Crippen molar-refractivity contribution < 1.29 is 9.90 Å². The molecule has 0 radical (unpaired) electrons. The Labute approximate surface area is 115 Å². The molecule has 0 bridgehead atoms. The third-order valence-electron chi connectivity index (χ3n) is 3.35. The zero-order valence-electron chi connectivity index (χ0n) is 10.6. The number of carboxylic acid groups (broad SMARTS) is 1. The van der Waals surface area contributed by atoms with E-state index in [1.807, 2.05) is 30.0 Å². The second-order valence-electron chi connectivity index (χ2n) is 4.64. The van der Waals surface area contributed by atoms with Crippen molar-refractivity contribution in [3.63, 3.8) is 0 Å². The van der Waals surface area contributed by atoms with Crippen LogP contribution in [0.15, 0.2) is 24.4 Å². The first-order valence-electron chi connectivity index (χ1n) is 6.23. The van der Waals surface area contributed by atoms with Crippen molar-refractivity contribution in [1.82, 2.24) is 9.38 Å². The van der Waals surface area contributed by atoms with Crippen LogP contribution in [0.1, 0.15) is 17.4 Å². The summed E-state index contributed by atoms with van der Waals surface area (Å²) in [7, 11) is 0. The predicted octanol–water partition coefficient (Wildman–Crippen LogP) is 1.97. The smallest absolute Gasteiger partial charge is 0.356 e. The molecule has 2 aromatic heterocycles. The second kappa shape index (κ2) is 4.77. The summed E-state index contributed by atoms with van der Waals surface area (Å²) in [4.78, 5) is 18.2. The third kappa shape index (κ3) is 2.06. The zero-order chi connectivity index (χ0) is 13.4. The van der Waals surface area contributed by atoms with Crippen LogP contribution in [0, 0.1) is 0 Å². The SMILES string of the molecule is CC1CSCCN1c1nc2ccccn2c1C(=O)O. The van der Waals surface area contributed by atoms with E-state index in [1.54, 1.807) is 10.6 Å². The van der Waals surface area contributed by atoms with Gasteiger partial charge in [-0.3, -0.25) is 4.40 Å². The lowest BCUT2D eigenvalue weighted by molar-refractivity contribution is 0.0690. The summed E-state index contributed by atoms with van der Waals surface area (Å²) in [6.45, 7) is 2.96. The molecular weight excluding hydrogens is 262 g/mol. The molecule has 100 valence electrons. The van der Waals surface area contributed by atoms with Gasteiger partial charge in [-0.15, -0.1) is 0 Å². The van der Waals surface area contributed by atoms with Gasteiger partial charge in [0.25, 0.3) is 0 Å². The molecule has 0 saturated carbocycles. The van der Waals surface area contributed by atoms with E-state index in [-0.39, 0.29) is 5.69 Å². The number of nitrogens with zero attached hydrogens (tertiary/aromatic N) is 3. The molecule has 0 aliphatic carbocycles. The molecule has 0 amide bonds. The van der Waals surface area contributed by atoms with E-state index < -0.39 is 5.97 Å². The Balaban J connectivity index is 2.16. The third-order valence-corrected chi connectivity index (χ3v) is 4.54. The van der Waals surface area contributed by atoms with Gasteiger partial charge in [0.15, 0.2) is 11.5 Å². The van der Waals surface area contributed by atoms with Gasteiger partial charge in [-0.25, -0.2) is 9.78 Å². The van der Waals surface area contributed by atoms with Crippen LogP contribution in [0.4, 0.5) is 5.82 Å². The number of aromatic carboxylic acids is 1. The summed E-state index contributed by atoms with van der Waals surface area (Å²) in [5.41, 5.74) is 0.940. The van der Waals surface area contributed by atoms with Crippen molar-refractivity contribution in [2.24, 2.45) is 0 Å². The highest BCUT2D eigenvalue weighted by atomic mass is 32.2. The number of thioether (sulfide) groups is 1. The fourth-order valence-electron chi connectivity index (χ4n) is 2.42. The van der Waals surface area contributed by atoms with Crippen molar-refractivity contribution in [2.45, 2.75) is 13.0 Å². The molecule has 5 nitrogen and oxygen atoms in total. The maximum absolute atomic E-state index is 11.6. The molecule has 1 N–H and O–H groups in total. The molecule has 0 aromatic carbocycles. The average molecular weight is 277 g/mol. The van der Waals surface area contributed by atoms with E-state index in [1.165, 1.54) is 0 Å². The fourth-order valence-corrected chi connectivity index (χ4v) is 3.44. The monoisotopic (exact) mass is 277 g/mol. The summed E-state index contributed by atoms with van der Waals surface area (Å²) in [6.07, 6.45) is 1.75. The normalized spacial score (nSPS) is 19.8. The number of carbonyl (C=O) groups is 1. The maximum atomic E-state index is 11.6. The Hall–Kier alpha value is -1.69. The van der Waals surface area contributed by atoms with Crippen LogP contribution in [-0.2, 0) is 0 Å². The number of anilines is 1. The van der Waals surface area contributed by atoms with Gasteiger partial charge in [-0.05, 0) is 19.1 Å². The molecule has 0 spiro atoms. The standard InChI is InChI=1S/C13H15N3O2S/c1-9-8-19-7-6-15(9)12-11(13(17)18)16-5-3-2-4-10(16)14-12/h2-5,9H,6-8H2,1H3,(H,17,18). The van der Waals surface area contributed by atoms with E-state index in [4.69, 9.17) is 0 Å². The molecule has 1 saturated heterocycles. The molecule has 1 aliphatic rings. The number of fused-ring (bicyclic) bond motifs is 1. The van der Waals surface area contributed by atoms with Crippen molar-refractivity contribution in [2.75, 3.05) is 23.0 Å². The molecule has 1 unspecified atom stereocenters. The summed E-state index contributed by atoms with van der Waals surface area (Å²) in [6, 6.07) is 5.83. The number of carboxylic acids is 1. The van der Waals surface area contributed by atoms with E-state index >= 15 is 0 Å². The summed E-state index contributed by atoms with van der Waals surface area (Å²) < 4.78 is 1.64. The molecule has 3 rings (SSSR count). The fraction of sp³-hybridized carbons (Fsp3) is 0.385. The Morgan fingerprint density at radius 3 is 3.11 bits per heavy atom. The van der Waals surface area contributed by atoms with E-state index in [2.05, 4.69) is 16.8 Å². The van der Waals surface area contributed by atoms with Crippen LogP contribution >= 0.6 is 11.8 Å². The van der Waals surface area contributed by atoms with Gasteiger partial charge in [0.05, 0.1) is 0 Å². The lowest BCUT2D eigenvalue weighted by Crippen LogP contribution is -2.41. The first-order valence-corrected chi connectivity index (χ1v) is 7.38. The van der Waals surface area contributed by atoms with Crippen LogP contribution in [0.2, 0.25) is 0 Å². The van der Waals surface area contributed by atoms with Crippen molar-refractivity contribution in [3.8, 4) is 0 Å². The van der Waals surface area contributed by atoms with Crippen molar-refractivity contribution >= 4 is 29.2 Å². The highest BCUT2D eigenvalue weighted by Gasteiger charge is 2.27. The highest BCUT2D eigenvalue weighted by molar-refractivity contribution is 7.99. The lowest BCUT2D eigenvalue weighted by Gasteiger charge is -2.33.